The van der Waals surface area contributed by atoms with Crippen LogP contribution in [0.5, 0.6) is 0 Å². The molecule has 1 saturated carbocycles. The van der Waals surface area contributed by atoms with Gasteiger partial charge in [-0.2, -0.15) is 0 Å². The lowest BCUT2D eigenvalue weighted by molar-refractivity contribution is -0.183. The van der Waals surface area contributed by atoms with Crippen molar-refractivity contribution in [3.8, 4) is 0 Å². The summed E-state index contributed by atoms with van der Waals surface area (Å²) in [6.45, 7) is 10.8. The number of fused-ring (bicyclic) bond motifs is 2. The first kappa shape index (κ1) is 19.6. The Morgan fingerprint density at radius 3 is 2.52 bits per heavy atom. The predicted octanol–water partition coefficient (Wildman–Crippen LogP) is 4.01. The van der Waals surface area contributed by atoms with Crippen LogP contribution in [0.2, 0.25) is 0 Å². The molecule has 0 N–H and O–H groups in total. The van der Waals surface area contributed by atoms with Gasteiger partial charge in [0.15, 0.2) is 5.76 Å². The standard InChI is InChI=1S/C21H28O6/c1-10(2)20(24)27-19-15-11(3)9-25-18(15)17(23)16-14(26-13(5)22)8-7-12(4)21(16,19)6/h9-10,12,14,16,19H,7-8H2,1-6H3/t12-,14-,16-,19+,21+/m0/s1. The van der Waals surface area contributed by atoms with Gasteiger partial charge in [-0.05, 0) is 31.2 Å². The first-order valence-electron chi connectivity index (χ1n) is 9.58. The van der Waals surface area contributed by atoms with Crippen molar-refractivity contribution >= 4 is 17.7 Å². The van der Waals surface area contributed by atoms with Crippen molar-refractivity contribution in [2.75, 3.05) is 0 Å². The molecule has 0 unspecified atom stereocenters. The van der Waals surface area contributed by atoms with Crippen LogP contribution < -0.4 is 0 Å². The van der Waals surface area contributed by atoms with Crippen LogP contribution in [0.4, 0.5) is 0 Å². The van der Waals surface area contributed by atoms with E-state index in [0.29, 0.717) is 12.0 Å². The fourth-order valence-electron chi connectivity index (χ4n) is 4.67. The number of Topliss-reactive ketones (excluding diaryl/α,β-unsaturated/α-hetero) is 1. The van der Waals surface area contributed by atoms with E-state index in [2.05, 4.69) is 6.92 Å². The van der Waals surface area contributed by atoms with Crippen molar-refractivity contribution < 1.29 is 28.3 Å². The SMILES string of the molecule is CC(=O)O[C@H]1CC[C@H](C)[C@@]2(C)[C@H](OC(=O)C(C)C)c3c(C)coc3C(=O)[C@H]12. The Morgan fingerprint density at radius 2 is 1.93 bits per heavy atom. The van der Waals surface area contributed by atoms with Gasteiger partial charge in [-0.3, -0.25) is 14.4 Å². The molecule has 1 fully saturated rings. The van der Waals surface area contributed by atoms with Gasteiger partial charge in [-0.1, -0.05) is 27.7 Å². The number of carbonyl (C=O) groups is 3. The molecule has 1 aromatic rings. The molecule has 0 amide bonds. The van der Waals surface area contributed by atoms with Crippen molar-refractivity contribution in [2.45, 2.75) is 66.6 Å². The van der Waals surface area contributed by atoms with Crippen LogP contribution in [0, 0.1) is 30.1 Å². The highest BCUT2D eigenvalue weighted by Gasteiger charge is 2.62. The second kappa shape index (κ2) is 6.80. The zero-order chi connectivity index (χ0) is 20.1. The second-order valence-corrected chi connectivity index (χ2v) is 8.47. The van der Waals surface area contributed by atoms with E-state index < -0.39 is 29.5 Å². The van der Waals surface area contributed by atoms with E-state index in [4.69, 9.17) is 13.9 Å². The summed E-state index contributed by atoms with van der Waals surface area (Å²) < 4.78 is 17.1. The number of esters is 2. The van der Waals surface area contributed by atoms with Crippen LogP contribution in [0.25, 0.3) is 0 Å². The molecule has 2 aliphatic carbocycles. The maximum Gasteiger partial charge on any atom is 0.309 e. The molecule has 148 valence electrons. The van der Waals surface area contributed by atoms with Crippen LogP contribution >= 0.6 is 0 Å². The number of hydrogen-bond acceptors (Lipinski definition) is 6. The molecular formula is C21H28O6. The minimum absolute atomic E-state index is 0.102. The van der Waals surface area contributed by atoms with E-state index >= 15 is 0 Å². The first-order chi connectivity index (χ1) is 12.6. The molecule has 2 aliphatic rings. The van der Waals surface area contributed by atoms with E-state index in [-0.39, 0.29) is 29.3 Å². The van der Waals surface area contributed by atoms with Gasteiger partial charge < -0.3 is 13.9 Å². The maximum atomic E-state index is 13.3. The lowest BCUT2D eigenvalue weighted by Gasteiger charge is -2.53. The van der Waals surface area contributed by atoms with Crippen molar-refractivity contribution in [1.29, 1.82) is 0 Å². The molecule has 6 heteroatoms. The Bertz CT molecular complexity index is 776. The monoisotopic (exact) mass is 376 g/mol. The summed E-state index contributed by atoms with van der Waals surface area (Å²) in [6.07, 6.45) is 1.75. The van der Waals surface area contributed by atoms with Crippen LogP contribution in [0.3, 0.4) is 0 Å². The molecule has 0 aliphatic heterocycles. The molecular weight excluding hydrogens is 348 g/mol. The van der Waals surface area contributed by atoms with Gasteiger partial charge in [0, 0.05) is 17.9 Å². The molecule has 1 heterocycles. The van der Waals surface area contributed by atoms with Crippen molar-refractivity contribution in [1.82, 2.24) is 0 Å². The number of hydrogen-bond donors (Lipinski definition) is 0. The molecule has 5 atom stereocenters. The minimum Gasteiger partial charge on any atom is -0.462 e. The molecule has 0 bridgehead atoms. The Kier molecular flexibility index (Phi) is 4.95. The smallest absolute Gasteiger partial charge is 0.309 e. The van der Waals surface area contributed by atoms with Crippen molar-refractivity contribution in [3.05, 3.63) is 23.2 Å². The molecule has 0 spiro atoms. The third-order valence-electron chi connectivity index (χ3n) is 6.37. The Balaban J connectivity index is 2.16. The van der Waals surface area contributed by atoms with Gasteiger partial charge in [0.2, 0.25) is 5.78 Å². The molecule has 0 radical (unpaired) electrons. The second-order valence-electron chi connectivity index (χ2n) is 8.47. The zero-order valence-corrected chi connectivity index (χ0v) is 16.8. The zero-order valence-electron chi connectivity index (χ0n) is 16.8. The molecule has 0 saturated heterocycles. The number of carbonyl (C=O) groups excluding carboxylic acids is 3. The minimum atomic E-state index is -0.679. The maximum absolute atomic E-state index is 13.3. The van der Waals surface area contributed by atoms with E-state index in [0.717, 1.165) is 12.0 Å². The van der Waals surface area contributed by atoms with E-state index in [1.54, 1.807) is 13.8 Å². The third-order valence-corrected chi connectivity index (χ3v) is 6.37. The van der Waals surface area contributed by atoms with Crippen LogP contribution in [-0.4, -0.2) is 23.8 Å². The summed E-state index contributed by atoms with van der Waals surface area (Å²) in [6, 6.07) is 0. The summed E-state index contributed by atoms with van der Waals surface area (Å²) in [5, 5.41) is 0. The van der Waals surface area contributed by atoms with E-state index in [9.17, 15) is 14.4 Å². The number of ketones is 1. The Hall–Kier alpha value is -2.11. The Morgan fingerprint density at radius 1 is 1.26 bits per heavy atom. The van der Waals surface area contributed by atoms with E-state index in [1.807, 2.05) is 13.8 Å². The highest BCUT2D eigenvalue weighted by molar-refractivity contribution is 6.00. The van der Waals surface area contributed by atoms with Gasteiger partial charge >= 0.3 is 11.9 Å². The van der Waals surface area contributed by atoms with Gasteiger partial charge in [0.25, 0.3) is 0 Å². The van der Waals surface area contributed by atoms with Gasteiger partial charge in [0.05, 0.1) is 18.1 Å². The summed E-state index contributed by atoms with van der Waals surface area (Å²) in [7, 11) is 0. The third kappa shape index (κ3) is 2.99. The Labute approximate surface area is 159 Å². The van der Waals surface area contributed by atoms with Gasteiger partial charge in [0.1, 0.15) is 12.2 Å². The quantitative estimate of drug-likeness (QED) is 0.741. The predicted molar refractivity (Wildman–Crippen MR) is 97.0 cm³/mol. The van der Waals surface area contributed by atoms with Gasteiger partial charge in [-0.15, -0.1) is 0 Å². The highest BCUT2D eigenvalue weighted by Crippen LogP contribution is 2.60. The highest BCUT2D eigenvalue weighted by atomic mass is 16.6. The topological polar surface area (TPSA) is 82.8 Å². The fourth-order valence-corrected chi connectivity index (χ4v) is 4.67. The van der Waals surface area contributed by atoms with Crippen LogP contribution in [0.1, 0.15) is 75.2 Å². The summed E-state index contributed by atoms with van der Waals surface area (Å²) in [4.78, 5) is 37.5. The lowest BCUT2D eigenvalue weighted by atomic mass is 9.53. The molecule has 3 rings (SSSR count). The molecule has 0 aromatic carbocycles. The molecule has 6 nitrogen and oxygen atoms in total. The normalized spacial score (nSPS) is 32.6. The van der Waals surface area contributed by atoms with Crippen LogP contribution in [-0.2, 0) is 19.1 Å². The average Bonchev–Trinajstić information content (AvgIpc) is 2.96. The molecule has 1 aromatic heterocycles. The van der Waals surface area contributed by atoms with Crippen molar-refractivity contribution in [3.63, 3.8) is 0 Å². The average molecular weight is 376 g/mol. The fraction of sp³-hybridized carbons (Fsp3) is 0.667. The summed E-state index contributed by atoms with van der Waals surface area (Å²) in [5.41, 5.74) is 0.770. The lowest BCUT2D eigenvalue weighted by Crippen LogP contribution is -2.56. The number of rotatable bonds is 3. The summed E-state index contributed by atoms with van der Waals surface area (Å²) >= 11 is 0. The van der Waals surface area contributed by atoms with Crippen LogP contribution in [0.15, 0.2) is 10.7 Å². The number of ether oxygens (including phenoxy) is 2. The summed E-state index contributed by atoms with van der Waals surface area (Å²) in [5.74, 6) is -1.47. The number of aryl methyl sites for hydroxylation is 1. The molecule has 27 heavy (non-hydrogen) atoms. The first-order valence-corrected chi connectivity index (χ1v) is 9.58. The number of furan rings is 1. The largest absolute Gasteiger partial charge is 0.462 e. The van der Waals surface area contributed by atoms with Crippen molar-refractivity contribution in [2.24, 2.45) is 23.2 Å². The van der Waals surface area contributed by atoms with E-state index in [1.165, 1.54) is 13.2 Å². The van der Waals surface area contributed by atoms with Gasteiger partial charge in [-0.25, -0.2) is 0 Å².